The molecule has 0 aliphatic carbocycles. The van der Waals surface area contributed by atoms with Gasteiger partial charge in [-0.05, 0) is 26.4 Å². The van der Waals surface area contributed by atoms with E-state index in [9.17, 15) is 4.79 Å². The number of hydrogen-bond donors (Lipinski definition) is 0. The van der Waals surface area contributed by atoms with Gasteiger partial charge in [-0.25, -0.2) is 0 Å². The molecule has 15 heavy (non-hydrogen) atoms. The van der Waals surface area contributed by atoms with E-state index in [0.29, 0.717) is 0 Å². The molecule has 1 atom stereocenters. The summed E-state index contributed by atoms with van der Waals surface area (Å²) in [5.41, 5.74) is 0. The minimum Gasteiger partial charge on any atom is -0.339 e. The summed E-state index contributed by atoms with van der Waals surface area (Å²) in [6.45, 7) is 4.91. The highest BCUT2D eigenvalue weighted by Crippen LogP contribution is 2.18. The van der Waals surface area contributed by atoms with Gasteiger partial charge in [0.2, 0.25) is 5.91 Å². The zero-order valence-corrected chi connectivity index (χ0v) is 10.1. The Bertz CT molecular complexity index is 236. The lowest BCUT2D eigenvalue weighted by molar-refractivity contribution is -0.125. The first-order valence-electron chi connectivity index (χ1n) is 5.73. The van der Waals surface area contributed by atoms with Crippen molar-refractivity contribution in [2.45, 2.75) is 19.8 Å². The summed E-state index contributed by atoms with van der Waals surface area (Å²) in [5, 5.41) is 0. The second-order valence-electron chi connectivity index (χ2n) is 4.51. The zero-order chi connectivity index (χ0) is 11.3. The molecular formula is C12H22N2O. The van der Waals surface area contributed by atoms with Crippen molar-refractivity contribution < 1.29 is 4.79 Å². The van der Waals surface area contributed by atoms with Gasteiger partial charge in [0.25, 0.3) is 0 Å². The van der Waals surface area contributed by atoms with Crippen molar-refractivity contribution in [3.63, 3.8) is 0 Å². The van der Waals surface area contributed by atoms with Gasteiger partial charge < -0.3 is 9.80 Å². The Labute approximate surface area is 92.7 Å². The second kappa shape index (κ2) is 5.91. The highest BCUT2D eigenvalue weighted by atomic mass is 16.2. The van der Waals surface area contributed by atoms with E-state index >= 15 is 0 Å². The van der Waals surface area contributed by atoms with Gasteiger partial charge >= 0.3 is 0 Å². The minimum atomic E-state index is 0.174. The summed E-state index contributed by atoms with van der Waals surface area (Å²) in [7, 11) is 4.00. The maximum absolute atomic E-state index is 11.7. The van der Waals surface area contributed by atoms with Crippen molar-refractivity contribution in [2.24, 2.45) is 5.92 Å². The molecule has 0 saturated carbocycles. The molecule has 1 unspecified atom stereocenters. The van der Waals surface area contributed by atoms with Crippen LogP contribution >= 0.6 is 0 Å². The maximum atomic E-state index is 11.7. The first-order chi connectivity index (χ1) is 7.13. The fourth-order valence-electron chi connectivity index (χ4n) is 1.84. The summed E-state index contributed by atoms with van der Waals surface area (Å²) in [6.07, 6.45) is 5.99. The van der Waals surface area contributed by atoms with Gasteiger partial charge in [-0.1, -0.05) is 19.4 Å². The molecule has 86 valence electrons. The first kappa shape index (κ1) is 12.2. The van der Waals surface area contributed by atoms with Crippen LogP contribution in [0.4, 0.5) is 0 Å². The second-order valence-corrected chi connectivity index (χ2v) is 4.51. The molecule has 1 fully saturated rings. The molecule has 1 rings (SSSR count). The number of carbonyl (C=O) groups excluding carboxylic acids is 1. The third-order valence-electron chi connectivity index (χ3n) is 2.91. The number of likely N-dealkylation sites (tertiary alicyclic amines) is 1. The number of nitrogens with zero attached hydrogens (tertiary/aromatic N) is 2. The molecule has 3 heteroatoms. The van der Waals surface area contributed by atoms with Gasteiger partial charge in [-0.2, -0.15) is 0 Å². The predicted octanol–water partition coefficient (Wildman–Crippen LogP) is 1.36. The highest BCUT2D eigenvalue weighted by molar-refractivity contribution is 5.87. The fraction of sp³-hybridized carbons (Fsp3) is 0.750. The standard InChI is InChI=1S/C12H22N2O/c1-4-11-7-9-14(10-11)12(15)6-5-8-13(2)3/h5-6,11H,4,7-10H2,1-3H3/b6-5+. The van der Waals surface area contributed by atoms with E-state index < -0.39 is 0 Å². The van der Waals surface area contributed by atoms with Gasteiger partial charge in [-0.3, -0.25) is 4.79 Å². The van der Waals surface area contributed by atoms with E-state index in [2.05, 4.69) is 6.92 Å². The molecule has 1 heterocycles. The molecular weight excluding hydrogens is 188 g/mol. The van der Waals surface area contributed by atoms with E-state index in [1.165, 1.54) is 12.8 Å². The Morgan fingerprint density at radius 2 is 2.27 bits per heavy atom. The van der Waals surface area contributed by atoms with Crippen LogP contribution in [0.3, 0.4) is 0 Å². The normalized spacial score (nSPS) is 21.9. The van der Waals surface area contributed by atoms with E-state index in [1.54, 1.807) is 6.08 Å². The fourth-order valence-corrected chi connectivity index (χ4v) is 1.84. The molecule has 1 amide bonds. The molecule has 0 aromatic heterocycles. The summed E-state index contributed by atoms with van der Waals surface area (Å²) in [6, 6.07) is 0. The Kier molecular flexibility index (Phi) is 4.82. The lowest BCUT2D eigenvalue weighted by atomic mass is 10.1. The Morgan fingerprint density at radius 3 is 2.80 bits per heavy atom. The van der Waals surface area contributed by atoms with Gasteiger partial charge in [0.05, 0.1) is 0 Å². The lowest BCUT2D eigenvalue weighted by Gasteiger charge is -2.13. The predicted molar refractivity (Wildman–Crippen MR) is 62.7 cm³/mol. The molecule has 0 radical (unpaired) electrons. The van der Waals surface area contributed by atoms with E-state index in [4.69, 9.17) is 0 Å². The summed E-state index contributed by atoms with van der Waals surface area (Å²) in [4.78, 5) is 15.7. The van der Waals surface area contributed by atoms with Crippen LogP contribution in [0.2, 0.25) is 0 Å². The Balaban J connectivity index is 2.32. The molecule has 3 nitrogen and oxygen atoms in total. The average Bonchev–Trinajstić information content (AvgIpc) is 2.65. The van der Waals surface area contributed by atoms with Crippen LogP contribution in [0.25, 0.3) is 0 Å². The quantitative estimate of drug-likeness (QED) is 0.654. The van der Waals surface area contributed by atoms with Crippen LogP contribution < -0.4 is 0 Å². The third kappa shape index (κ3) is 4.04. The van der Waals surface area contributed by atoms with E-state index in [0.717, 1.165) is 25.6 Å². The first-order valence-corrected chi connectivity index (χ1v) is 5.73. The molecule has 1 aliphatic heterocycles. The zero-order valence-electron chi connectivity index (χ0n) is 10.1. The summed E-state index contributed by atoms with van der Waals surface area (Å²) in [5.74, 6) is 0.893. The average molecular weight is 210 g/mol. The van der Waals surface area contributed by atoms with Crippen molar-refractivity contribution in [1.82, 2.24) is 9.80 Å². The van der Waals surface area contributed by atoms with Crippen LogP contribution in [0.1, 0.15) is 19.8 Å². The Morgan fingerprint density at radius 1 is 1.53 bits per heavy atom. The lowest BCUT2D eigenvalue weighted by Crippen LogP contribution is -2.27. The topological polar surface area (TPSA) is 23.6 Å². The molecule has 0 N–H and O–H groups in total. The van der Waals surface area contributed by atoms with Crippen molar-refractivity contribution >= 4 is 5.91 Å². The van der Waals surface area contributed by atoms with Gasteiger partial charge in [0.15, 0.2) is 0 Å². The summed E-state index contributed by atoms with van der Waals surface area (Å²) < 4.78 is 0. The van der Waals surface area contributed by atoms with Crippen molar-refractivity contribution in [3.05, 3.63) is 12.2 Å². The molecule has 1 aliphatic rings. The molecule has 0 spiro atoms. The molecule has 1 saturated heterocycles. The molecule has 0 bridgehead atoms. The van der Waals surface area contributed by atoms with Crippen LogP contribution in [-0.2, 0) is 4.79 Å². The van der Waals surface area contributed by atoms with Crippen molar-refractivity contribution in [3.8, 4) is 0 Å². The van der Waals surface area contributed by atoms with Crippen LogP contribution in [0.15, 0.2) is 12.2 Å². The number of carbonyl (C=O) groups is 1. The molecule has 0 aromatic rings. The number of rotatable bonds is 4. The minimum absolute atomic E-state index is 0.174. The largest absolute Gasteiger partial charge is 0.339 e. The Hall–Kier alpha value is -0.830. The summed E-state index contributed by atoms with van der Waals surface area (Å²) >= 11 is 0. The van der Waals surface area contributed by atoms with Gasteiger partial charge in [0.1, 0.15) is 0 Å². The van der Waals surface area contributed by atoms with E-state index in [-0.39, 0.29) is 5.91 Å². The van der Waals surface area contributed by atoms with Gasteiger partial charge in [-0.15, -0.1) is 0 Å². The van der Waals surface area contributed by atoms with E-state index in [1.807, 2.05) is 30.0 Å². The number of amides is 1. The number of likely N-dealkylation sites (N-methyl/N-ethyl adjacent to an activating group) is 1. The van der Waals surface area contributed by atoms with Crippen molar-refractivity contribution in [2.75, 3.05) is 33.7 Å². The third-order valence-corrected chi connectivity index (χ3v) is 2.91. The van der Waals surface area contributed by atoms with Crippen molar-refractivity contribution in [1.29, 1.82) is 0 Å². The SMILES string of the molecule is CCC1CCN(C(=O)/C=C/CN(C)C)C1. The van der Waals surface area contributed by atoms with Gasteiger partial charge in [0, 0.05) is 25.7 Å². The smallest absolute Gasteiger partial charge is 0.246 e. The molecule has 0 aromatic carbocycles. The highest BCUT2D eigenvalue weighted by Gasteiger charge is 2.23. The maximum Gasteiger partial charge on any atom is 0.246 e. The van der Waals surface area contributed by atoms with Crippen LogP contribution in [-0.4, -0.2) is 49.4 Å². The number of hydrogen-bond acceptors (Lipinski definition) is 2. The monoisotopic (exact) mass is 210 g/mol. The van der Waals surface area contributed by atoms with Crippen LogP contribution in [0.5, 0.6) is 0 Å². The van der Waals surface area contributed by atoms with Crippen LogP contribution in [0, 0.1) is 5.92 Å².